The standard InChI is InChI=1S/C13H16ClN3O2/c14-12-4-2-11(3-5-12)6-9-17-13(19)16-8-1-7-15-10-18/h2-6,9-10H,1,7-8H2,(H,15,18)(H2,16,17,19)/b9-6+. The molecule has 0 saturated carbocycles. The number of urea groups is 1. The van der Waals surface area contributed by atoms with E-state index in [9.17, 15) is 9.59 Å². The van der Waals surface area contributed by atoms with E-state index >= 15 is 0 Å². The van der Waals surface area contributed by atoms with Gasteiger partial charge < -0.3 is 16.0 Å². The molecule has 0 bridgehead atoms. The average Bonchev–Trinajstić information content (AvgIpc) is 2.41. The van der Waals surface area contributed by atoms with Crippen molar-refractivity contribution in [2.45, 2.75) is 6.42 Å². The molecule has 0 aliphatic heterocycles. The maximum absolute atomic E-state index is 11.3. The summed E-state index contributed by atoms with van der Waals surface area (Å²) in [7, 11) is 0. The lowest BCUT2D eigenvalue weighted by molar-refractivity contribution is -0.109. The van der Waals surface area contributed by atoms with Crippen LogP contribution in [0.4, 0.5) is 4.79 Å². The topological polar surface area (TPSA) is 70.2 Å². The number of halogens is 1. The fourth-order valence-corrected chi connectivity index (χ4v) is 1.42. The Morgan fingerprint density at radius 1 is 1.21 bits per heavy atom. The molecule has 19 heavy (non-hydrogen) atoms. The van der Waals surface area contributed by atoms with Crippen LogP contribution in [0.5, 0.6) is 0 Å². The number of benzene rings is 1. The molecule has 0 aromatic heterocycles. The number of carbonyl (C=O) groups excluding carboxylic acids is 2. The van der Waals surface area contributed by atoms with Crippen LogP contribution in [-0.4, -0.2) is 25.5 Å². The van der Waals surface area contributed by atoms with Crippen molar-refractivity contribution in [2.24, 2.45) is 0 Å². The summed E-state index contributed by atoms with van der Waals surface area (Å²) in [4.78, 5) is 21.3. The van der Waals surface area contributed by atoms with Crippen molar-refractivity contribution in [1.82, 2.24) is 16.0 Å². The molecule has 0 atom stereocenters. The van der Waals surface area contributed by atoms with Crippen LogP contribution in [-0.2, 0) is 4.79 Å². The second-order valence-electron chi connectivity index (χ2n) is 3.71. The normalized spacial score (nSPS) is 10.2. The predicted molar refractivity (Wildman–Crippen MR) is 75.7 cm³/mol. The highest BCUT2D eigenvalue weighted by atomic mass is 35.5. The highest BCUT2D eigenvalue weighted by Crippen LogP contribution is 2.10. The third-order valence-electron chi connectivity index (χ3n) is 2.23. The SMILES string of the molecule is O=CNCCCNC(=O)N/C=C/c1ccc(Cl)cc1. The monoisotopic (exact) mass is 281 g/mol. The number of hydrogen-bond acceptors (Lipinski definition) is 2. The summed E-state index contributed by atoms with van der Waals surface area (Å²) >= 11 is 5.76. The van der Waals surface area contributed by atoms with E-state index in [4.69, 9.17) is 11.6 Å². The molecular weight excluding hydrogens is 266 g/mol. The molecule has 0 radical (unpaired) electrons. The van der Waals surface area contributed by atoms with Crippen LogP contribution in [0.15, 0.2) is 30.5 Å². The first-order valence-electron chi connectivity index (χ1n) is 5.86. The van der Waals surface area contributed by atoms with Crippen molar-refractivity contribution in [2.75, 3.05) is 13.1 Å². The third-order valence-corrected chi connectivity index (χ3v) is 2.48. The molecule has 0 saturated heterocycles. The first kappa shape index (κ1) is 15.0. The van der Waals surface area contributed by atoms with Gasteiger partial charge in [0.2, 0.25) is 6.41 Å². The summed E-state index contributed by atoms with van der Waals surface area (Å²) in [6.07, 6.45) is 4.65. The largest absolute Gasteiger partial charge is 0.359 e. The van der Waals surface area contributed by atoms with E-state index < -0.39 is 0 Å². The lowest BCUT2D eigenvalue weighted by Crippen LogP contribution is -2.33. The van der Waals surface area contributed by atoms with E-state index in [0.29, 0.717) is 30.9 Å². The maximum Gasteiger partial charge on any atom is 0.318 e. The van der Waals surface area contributed by atoms with Gasteiger partial charge in [-0.2, -0.15) is 0 Å². The van der Waals surface area contributed by atoms with E-state index in [1.165, 1.54) is 0 Å². The fourth-order valence-electron chi connectivity index (χ4n) is 1.29. The van der Waals surface area contributed by atoms with Gasteiger partial charge in [0, 0.05) is 24.3 Å². The highest BCUT2D eigenvalue weighted by molar-refractivity contribution is 6.30. The number of carbonyl (C=O) groups is 2. The molecular formula is C13H16ClN3O2. The van der Waals surface area contributed by atoms with Crippen molar-refractivity contribution < 1.29 is 9.59 Å². The van der Waals surface area contributed by atoms with Crippen LogP contribution in [0.1, 0.15) is 12.0 Å². The van der Waals surface area contributed by atoms with Crippen molar-refractivity contribution in [1.29, 1.82) is 0 Å². The maximum atomic E-state index is 11.3. The van der Waals surface area contributed by atoms with Gasteiger partial charge in [0.1, 0.15) is 0 Å². The van der Waals surface area contributed by atoms with Crippen LogP contribution in [0, 0.1) is 0 Å². The molecule has 1 aromatic carbocycles. The van der Waals surface area contributed by atoms with Crippen molar-refractivity contribution in [3.8, 4) is 0 Å². The van der Waals surface area contributed by atoms with Crippen molar-refractivity contribution >= 4 is 30.1 Å². The van der Waals surface area contributed by atoms with E-state index in [1.807, 2.05) is 12.1 Å². The minimum atomic E-state index is -0.281. The molecule has 1 aromatic rings. The smallest absolute Gasteiger partial charge is 0.318 e. The molecule has 0 heterocycles. The zero-order valence-corrected chi connectivity index (χ0v) is 11.1. The fraction of sp³-hybridized carbons (Fsp3) is 0.231. The number of hydrogen-bond donors (Lipinski definition) is 3. The van der Waals surface area contributed by atoms with Crippen LogP contribution >= 0.6 is 11.6 Å². The van der Waals surface area contributed by atoms with E-state index in [2.05, 4.69) is 16.0 Å². The van der Waals surface area contributed by atoms with Crippen LogP contribution < -0.4 is 16.0 Å². The molecule has 0 aliphatic carbocycles. The Kier molecular flexibility index (Phi) is 7.12. The second kappa shape index (κ2) is 8.99. The van der Waals surface area contributed by atoms with Gasteiger partial charge in [0.15, 0.2) is 0 Å². The molecule has 0 aliphatic rings. The predicted octanol–water partition coefficient (Wildman–Crippen LogP) is 1.75. The molecule has 1 rings (SSSR count). The Bertz CT molecular complexity index is 432. The molecule has 0 fully saturated rings. The number of nitrogens with one attached hydrogen (secondary N) is 3. The molecule has 5 nitrogen and oxygen atoms in total. The van der Waals surface area contributed by atoms with Gasteiger partial charge in [-0.1, -0.05) is 23.7 Å². The van der Waals surface area contributed by atoms with Gasteiger partial charge in [-0.15, -0.1) is 0 Å². The summed E-state index contributed by atoms with van der Waals surface area (Å²) in [5.41, 5.74) is 0.944. The van der Waals surface area contributed by atoms with Gasteiger partial charge in [-0.25, -0.2) is 4.79 Å². The second-order valence-corrected chi connectivity index (χ2v) is 4.15. The molecule has 3 amide bonds. The van der Waals surface area contributed by atoms with E-state index in [0.717, 1.165) is 5.56 Å². The first-order chi connectivity index (χ1) is 9.22. The Hall–Kier alpha value is -2.01. The zero-order chi connectivity index (χ0) is 13.9. The quantitative estimate of drug-likeness (QED) is 0.526. The molecule has 102 valence electrons. The number of rotatable bonds is 7. The number of amides is 3. The Labute approximate surface area is 117 Å². The first-order valence-corrected chi connectivity index (χ1v) is 6.23. The third kappa shape index (κ3) is 7.10. The van der Waals surface area contributed by atoms with Gasteiger partial charge in [-0.3, -0.25) is 4.79 Å². The van der Waals surface area contributed by atoms with Crippen molar-refractivity contribution in [3.05, 3.63) is 41.1 Å². The van der Waals surface area contributed by atoms with Crippen LogP contribution in [0.2, 0.25) is 5.02 Å². The zero-order valence-electron chi connectivity index (χ0n) is 10.4. The highest BCUT2D eigenvalue weighted by Gasteiger charge is 1.95. The summed E-state index contributed by atoms with van der Waals surface area (Å²) in [6.45, 7) is 1.05. The van der Waals surface area contributed by atoms with Gasteiger partial charge in [0.05, 0.1) is 0 Å². The van der Waals surface area contributed by atoms with Crippen molar-refractivity contribution in [3.63, 3.8) is 0 Å². The lowest BCUT2D eigenvalue weighted by atomic mass is 10.2. The molecule has 3 N–H and O–H groups in total. The molecule has 6 heteroatoms. The van der Waals surface area contributed by atoms with Gasteiger partial charge >= 0.3 is 6.03 Å². The Morgan fingerprint density at radius 3 is 2.63 bits per heavy atom. The Balaban J connectivity index is 2.18. The minimum absolute atomic E-state index is 0.281. The lowest BCUT2D eigenvalue weighted by Gasteiger charge is -2.03. The van der Waals surface area contributed by atoms with Crippen LogP contribution in [0.3, 0.4) is 0 Å². The summed E-state index contributed by atoms with van der Waals surface area (Å²) < 4.78 is 0. The van der Waals surface area contributed by atoms with Gasteiger partial charge in [-0.05, 0) is 30.2 Å². The van der Waals surface area contributed by atoms with Crippen LogP contribution in [0.25, 0.3) is 6.08 Å². The molecule has 0 spiro atoms. The van der Waals surface area contributed by atoms with E-state index in [1.54, 1.807) is 24.4 Å². The van der Waals surface area contributed by atoms with Gasteiger partial charge in [0.25, 0.3) is 0 Å². The summed E-state index contributed by atoms with van der Waals surface area (Å²) in [5.74, 6) is 0. The van der Waals surface area contributed by atoms with E-state index in [-0.39, 0.29) is 6.03 Å². The molecule has 0 unspecified atom stereocenters. The average molecular weight is 282 g/mol. The Morgan fingerprint density at radius 2 is 1.95 bits per heavy atom. The summed E-state index contributed by atoms with van der Waals surface area (Å²) in [6, 6.07) is 6.98. The minimum Gasteiger partial charge on any atom is -0.359 e. The summed E-state index contributed by atoms with van der Waals surface area (Å²) in [5, 5.41) is 8.43.